The highest BCUT2D eigenvalue weighted by atomic mass is 16.6. The van der Waals surface area contributed by atoms with E-state index in [2.05, 4.69) is 70.9 Å². The number of fused-ring (bicyclic) bond motifs is 2. The Morgan fingerprint density at radius 2 is 1.61 bits per heavy atom. The van der Waals surface area contributed by atoms with Gasteiger partial charge in [0.2, 0.25) is 0 Å². The molecule has 4 nitrogen and oxygen atoms in total. The average molecular weight is 379 g/mol. The van der Waals surface area contributed by atoms with E-state index >= 15 is 0 Å². The minimum Gasteiger partial charge on any atom is -0.444 e. The van der Waals surface area contributed by atoms with E-state index in [0.717, 1.165) is 19.5 Å². The Labute approximate surface area is 167 Å². The Balaban J connectivity index is 1.67. The van der Waals surface area contributed by atoms with Crippen LogP contribution in [0, 0.1) is 5.92 Å². The van der Waals surface area contributed by atoms with Crippen LogP contribution in [-0.4, -0.2) is 41.8 Å². The summed E-state index contributed by atoms with van der Waals surface area (Å²) < 4.78 is 5.58. The fourth-order valence-corrected chi connectivity index (χ4v) is 4.86. The Morgan fingerprint density at radius 3 is 2.14 bits per heavy atom. The fourth-order valence-electron chi connectivity index (χ4n) is 4.86. The van der Waals surface area contributed by atoms with Crippen molar-refractivity contribution in [2.24, 2.45) is 5.92 Å². The molecule has 4 rings (SSSR count). The van der Waals surface area contributed by atoms with Crippen LogP contribution in [0.2, 0.25) is 0 Å². The summed E-state index contributed by atoms with van der Waals surface area (Å²) in [6.07, 6.45) is 0.823. The molecule has 2 aromatic carbocycles. The van der Waals surface area contributed by atoms with Gasteiger partial charge in [0.15, 0.2) is 0 Å². The summed E-state index contributed by atoms with van der Waals surface area (Å²) in [5.41, 5.74) is 2.10. The Bertz CT molecular complexity index is 761. The SMILES string of the molecule is CC(C)(C)OC(=O)N[C@H]1[C@@H]2CCN(C2)[C@H]1C(c1ccccc1)c1ccccc1. The van der Waals surface area contributed by atoms with E-state index in [-0.39, 0.29) is 24.1 Å². The van der Waals surface area contributed by atoms with Gasteiger partial charge in [-0.3, -0.25) is 4.90 Å². The van der Waals surface area contributed by atoms with E-state index in [1.54, 1.807) is 0 Å². The van der Waals surface area contributed by atoms with E-state index in [9.17, 15) is 4.79 Å². The monoisotopic (exact) mass is 378 g/mol. The number of amides is 1. The van der Waals surface area contributed by atoms with Gasteiger partial charge in [-0.25, -0.2) is 4.79 Å². The molecule has 0 saturated carbocycles. The third kappa shape index (κ3) is 3.93. The first-order chi connectivity index (χ1) is 13.4. The molecule has 2 heterocycles. The third-order valence-corrected chi connectivity index (χ3v) is 5.90. The first-order valence-corrected chi connectivity index (χ1v) is 10.3. The zero-order valence-electron chi connectivity index (χ0n) is 17.0. The number of benzene rings is 2. The number of alkyl carbamates (subject to hydrolysis) is 1. The Hall–Kier alpha value is -2.33. The predicted molar refractivity (Wildman–Crippen MR) is 111 cm³/mol. The van der Waals surface area contributed by atoms with Crippen LogP contribution < -0.4 is 5.32 Å². The third-order valence-electron chi connectivity index (χ3n) is 5.90. The van der Waals surface area contributed by atoms with Gasteiger partial charge in [-0.05, 0) is 50.8 Å². The summed E-state index contributed by atoms with van der Waals surface area (Å²) in [4.78, 5) is 15.1. The normalized spacial score (nSPS) is 26.4. The molecular formula is C24H30N2O2. The van der Waals surface area contributed by atoms with Gasteiger partial charge in [-0.1, -0.05) is 60.7 Å². The van der Waals surface area contributed by atoms with Crippen molar-refractivity contribution in [3.05, 3.63) is 71.8 Å². The lowest BCUT2D eigenvalue weighted by Gasteiger charge is -2.39. The maximum absolute atomic E-state index is 12.6. The molecule has 1 unspecified atom stereocenters. The average Bonchev–Trinajstić information content (AvgIpc) is 3.25. The second-order valence-electron chi connectivity index (χ2n) is 9.01. The summed E-state index contributed by atoms with van der Waals surface area (Å²) in [5, 5.41) is 3.23. The number of nitrogens with one attached hydrogen (secondary N) is 1. The van der Waals surface area contributed by atoms with Gasteiger partial charge in [0, 0.05) is 18.5 Å². The van der Waals surface area contributed by atoms with Crippen molar-refractivity contribution in [1.29, 1.82) is 0 Å². The van der Waals surface area contributed by atoms with Crippen LogP contribution in [0.5, 0.6) is 0 Å². The first-order valence-electron chi connectivity index (χ1n) is 10.3. The van der Waals surface area contributed by atoms with Gasteiger partial charge in [-0.15, -0.1) is 0 Å². The molecule has 0 radical (unpaired) electrons. The van der Waals surface area contributed by atoms with Crippen molar-refractivity contribution in [3.8, 4) is 0 Å². The molecule has 148 valence electrons. The van der Waals surface area contributed by atoms with E-state index in [1.165, 1.54) is 11.1 Å². The van der Waals surface area contributed by atoms with Crippen LogP contribution >= 0.6 is 0 Å². The van der Waals surface area contributed by atoms with Crippen molar-refractivity contribution in [2.75, 3.05) is 13.1 Å². The first kappa shape index (κ1) is 19.0. The van der Waals surface area contributed by atoms with Crippen LogP contribution in [0.1, 0.15) is 44.2 Å². The number of piperidine rings is 1. The maximum atomic E-state index is 12.6. The van der Waals surface area contributed by atoms with E-state index in [0.29, 0.717) is 5.92 Å². The van der Waals surface area contributed by atoms with Gasteiger partial charge in [-0.2, -0.15) is 0 Å². The maximum Gasteiger partial charge on any atom is 0.407 e. The van der Waals surface area contributed by atoms with Gasteiger partial charge in [0.05, 0.1) is 6.04 Å². The molecule has 2 aromatic rings. The summed E-state index contributed by atoms with van der Waals surface area (Å²) >= 11 is 0. The molecule has 2 aliphatic rings. The highest BCUT2D eigenvalue weighted by Crippen LogP contribution is 2.43. The van der Waals surface area contributed by atoms with Crippen molar-refractivity contribution in [1.82, 2.24) is 10.2 Å². The Kier molecular flexibility index (Phi) is 5.15. The lowest BCUT2D eigenvalue weighted by Crippen LogP contribution is -2.53. The summed E-state index contributed by atoms with van der Waals surface area (Å²) in [5.74, 6) is 0.695. The number of nitrogens with zero attached hydrogens (tertiary/aromatic N) is 1. The topological polar surface area (TPSA) is 41.6 Å². The van der Waals surface area contributed by atoms with E-state index in [1.807, 2.05) is 20.8 Å². The second-order valence-corrected chi connectivity index (χ2v) is 9.01. The number of hydrogen-bond donors (Lipinski definition) is 1. The quantitative estimate of drug-likeness (QED) is 0.856. The smallest absolute Gasteiger partial charge is 0.407 e. The molecule has 28 heavy (non-hydrogen) atoms. The molecule has 1 N–H and O–H groups in total. The lowest BCUT2D eigenvalue weighted by atomic mass is 9.78. The molecule has 4 atom stereocenters. The number of hydrogen-bond acceptors (Lipinski definition) is 3. The number of ether oxygens (including phenoxy) is 1. The van der Waals surface area contributed by atoms with Crippen LogP contribution in [-0.2, 0) is 4.74 Å². The van der Waals surface area contributed by atoms with Crippen molar-refractivity contribution < 1.29 is 9.53 Å². The van der Waals surface area contributed by atoms with Crippen LogP contribution in [0.3, 0.4) is 0 Å². The van der Waals surface area contributed by atoms with Crippen LogP contribution in [0.15, 0.2) is 60.7 Å². The van der Waals surface area contributed by atoms with Crippen molar-refractivity contribution in [3.63, 3.8) is 0 Å². The summed E-state index contributed by atoms with van der Waals surface area (Å²) in [7, 11) is 0. The Morgan fingerprint density at radius 1 is 1.04 bits per heavy atom. The highest BCUT2D eigenvalue weighted by Gasteiger charge is 2.50. The lowest BCUT2D eigenvalue weighted by molar-refractivity contribution is 0.0462. The zero-order chi connectivity index (χ0) is 19.7. The molecule has 2 saturated heterocycles. The van der Waals surface area contributed by atoms with Crippen molar-refractivity contribution in [2.45, 2.75) is 50.8 Å². The number of carbonyl (C=O) groups excluding carboxylic acids is 1. The second kappa shape index (κ2) is 7.59. The molecule has 2 aliphatic heterocycles. The molecule has 4 heteroatoms. The predicted octanol–water partition coefficient (Wildman–Crippen LogP) is 4.42. The number of carbonyl (C=O) groups is 1. The zero-order valence-corrected chi connectivity index (χ0v) is 17.0. The summed E-state index contributed by atoms with van der Waals surface area (Å²) in [6.45, 7) is 7.86. The summed E-state index contributed by atoms with van der Waals surface area (Å²) in [6, 6.07) is 21.7. The molecule has 0 aliphatic carbocycles. The standard InChI is InChI=1S/C24H30N2O2/c1-24(2,3)28-23(27)25-21-19-14-15-26(16-19)22(21)20(17-10-6-4-7-11-17)18-12-8-5-9-13-18/h4-13,19-22H,14-16H2,1-3H3,(H,25,27)/t19-,21+,22+/m1/s1. The van der Waals surface area contributed by atoms with E-state index in [4.69, 9.17) is 4.74 Å². The van der Waals surface area contributed by atoms with Crippen LogP contribution in [0.25, 0.3) is 0 Å². The van der Waals surface area contributed by atoms with Gasteiger partial charge in [0.25, 0.3) is 0 Å². The molecule has 0 aromatic heterocycles. The molecule has 2 bridgehead atoms. The molecule has 1 amide bonds. The minimum absolute atomic E-state index is 0.0917. The molecule has 2 fully saturated rings. The number of rotatable bonds is 4. The molecule has 0 spiro atoms. The fraction of sp³-hybridized carbons (Fsp3) is 0.458. The van der Waals surface area contributed by atoms with Crippen LogP contribution in [0.4, 0.5) is 4.79 Å². The highest BCUT2D eigenvalue weighted by molar-refractivity contribution is 5.68. The van der Waals surface area contributed by atoms with Gasteiger partial charge >= 0.3 is 6.09 Å². The largest absolute Gasteiger partial charge is 0.444 e. The van der Waals surface area contributed by atoms with E-state index < -0.39 is 5.60 Å². The van der Waals surface area contributed by atoms with Crippen molar-refractivity contribution >= 4 is 6.09 Å². The van der Waals surface area contributed by atoms with Gasteiger partial charge in [0.1, 0.15) is 5.60 Å². The van der Waals surface area contributed by atoms with Gasteiger partial charge < -0.3 is 10.1 Å². The minimum atomic E-state index is -0.490. The molecular weight excluding hydrogens is 348 g/mol.